The van der Waals surface area contributed by atoms with Crippen LogP contribution < -0.4 is 5.32 Å². The van der Waals surface area contributed by atoms with Crippen molar-refractivity contribution < 1.29 is 9.72 Å². The van der Waals surface area contributed by atoms with E-state index in [2.05, 4.69) is 12.2 Å². The zero-order valence-electron chi connectivity index (χ0n) is 13.7. The molecule has 1 aromatic rings. The molecule has 4 bridgehead atoms. The van der Waals surface area contributed by atoms with Crippen LogP contribution in [0.3, 0.4) is 0 Å². The van der Waals surface area contributed by atoms with Gasteiger partial charge in [0.25, 0.3) is 5.69 Å². The van der Waals surface area contributed by atoms with E-state index in [-0.39, 0.29) is 39.3 Å². The molecule has 0 saturated heterocycles. The van der Waals surface area contributed by atoms with Crippen LogP contribution in [0.2, 0.25) is 0 Å². The van der Waals surface area contributed by atoms with E-state index >= 15 is 0 Å². The number of hydrogen-bond donors (Lipinski definition) is 1. The second-order valence-electron chi connectivity index (χ2n) is 8.23. The molecule has 4 aliphatic carbocycles. The first-order valence-corrected chi connectivity index (χ1v) is 9.02. The normalized spacial score (nSPS) is 36.1. The average molecular weight is 349 g/mol. The number of non-ortho nitro benzene ring substituents is 1. The summed E-state index contributed by atoms with van der Waals surface area (Å²) in [5.74, 6) is 0.480. The Labute approximate surface area is 145 Å². The van der Waals surface area contributed by atoms with E-state index in [1.807, 2.05) is 6.07 Å². The molecule has 1 amide bonds. The van der Waals surface area contributed by atoms with Gasteiger partial charge in [-0.25, -0.2) is 0 Å². The van der Waals surface area contributed by atoms with E-state index in [0.717, 1.165) is 37.7 Å². The highest BCUT2D eigenvalue weighted by atomic mass is 35.5. The number of hydrogen-bond acceptors (Lipinski definition) is 3. The van der Waals surface area contributed by atoms with Gasteiger partial charge in [-0.3, -0.25) is 14.9 Å². The Bertz CT molecular complexity index is 737. The monoisotopic (exact) mass is 348 g/mol. The Morgan fingerprint density at radius 2 is 1.96 bits per heavy atom. The second kappa shape index (κ2) is 5.19. The van der Waals surface area contributed by atoms with Crippen LogP contribution in [0.25, 0.3) is 0 Å². The maximum absolute atomic E-state index is 12.0. The highest BCUT2D eigenvalue weighted by Crippen LogP contribution is 2.63. The molecule has 0 heterocycles. The summed E-state index contributed by atoms with van der Waals surface area (Å²) < 4.78 is 0. The molecule has 2 saturated carbocycles. The molecule has 2 fully saturated rings. The smallest absolute Gasteiger partial charge is 0.269 e. The minimum absolute atomic E-state index is 0.0216. The lowest BCUT2D eigenvalue weighted by atomic mass is 9.55. The van der Waals surface area contributed by atoms with E-state index in [0.29, 0.717) is 5.92 Å². The van der Waals surface area contributed by atoms with Crippen molar-refractivity contribution in [3.05, 3.63) is 39.4 Å². The first-order valence-electron chi connectivity index (χ1n) is 8.48. The van der Waals surface area contributed by atoms with Gasteiger partial charge in [0.2, 0.25) is 5.91 Å². The predicted octanol–water partition coefficient (Wildman–Crippen LogP) is 3.85. The highest BCUT2D eigenvalue weighted by molar-refractivity contribution is 6.27. The highest BCUT2D eigenvalue weighted by Gasteiger charge is 2.55. The number of nitrogens with one attached hydrogen (secondary N) is 1. The lowest BCUT2D eigenvalue weighted by molar-refractivity contribution is -0.385. The van der Waals surface area contributed by atoms with Crippen LogP contribution in [0.1, 0.15) is 62.0 Å². The molecule has 6 heteroatoms. The number of halogens is 1. The summed E-state index contributed by atoms with van der Waals surface area (Å²) in [6.45, 7) is 2.30. The van der Waals surface area contributed by atoms with Crippen LogP contribution >= 0.6 is 11.6 Å². The molecule has 0 spiro atoms. The van der Waals surface area contributed by atoms with Crippen LogP contribution in [-0.4, -0.2) is 22.2 Å². The summed E-state index contributed by atoms with van der Waals surface area (Å²) >= 11 is 5.73. The minimum atomic E-state index is -0.317. The third-order valence-corrected chi connectivity index (χ3v) is 6.45. The Kier molecular flexibility index (Phi) is 3.43. The Morgan fingerprint density at radius 3 is 2.58 bits per heavy atom. The Morgan fingerprint density at radius 1 is 1.29 bits per heavy atom. The van der Waals surface area contributed by atoms with Gasteiger partial charge < -0.3 is 5.32 Å². The van der Waals surface area contributed by atoms with Gasteiger partial charge in [-0.05, 0) is 60.5 Å². The largest absolute Gasteiger partial charge is 0.350 e. The molecule has 4 unspecified atom stereocenters. The number of rotatable bonds is 3. The van der Waals surface area contributed by atoms with Crippen molar-refractivity contribution in [3.63, 3.8) is 0 Å². The fourth-order valence-electron chi connectivity index (χ4n) is 5.87. The van der Waals surface area contributed by atoms with Crippen molar-refractivity contribution >= 4 is 23.2 Å². The van der Waals surface area contributed by atoms with Gasteiger partial charge in [-0.15, -0.1) is 11.6 Å². The summed E-state index contributed by atoms with van der Waals surface area (Å²) in [4.78, 5) is 22.9. The number of nitrogens with zero attached hydrogens (tertiary/aromatic N) is 1. The summed E-state index contributed by atoms with van der Waals surface area (Å²) in [7, 11) is 0. The number of nitro groups is 1. The van der Waals surface area contributed by atoms with Crippen LogP contribution in [0.15, 0.2) is 18.2 Å². The van der Waals surface area contributed by atoms with E-state index < -0.39 is 0 Å². The van der Waals surface area contributed by atoms with Gasteiger partial charge in [0, 0.05) is 17.7 Å². The van der Waals surface area contributed by atoms with Crippen molar-refractivity contribution in [2.24, 2.45) is 5.41 Å². The molecule has 0 aliphatic heterocycles. The molecule has 4 atom stereocenters. The molecule has 24 heavy (non-hydrogen) atoms. The molecule has 1 aromatic carbocycles. The molecule has 4 aliphatic rings. The third-order valence-electron chi connectivity index (χ3n) is 6.20. The van der Waals surface area contributed by atoms with Gasteiger partial charge in [0.1, 0.15) is 5.88 Å². The van der Waals surface area contributed by atoms with Crippen LogP contribution in [0, 0.1) is 15.5 Å². The first-order chi connectivity index (χ1) is 11.3. The van der Waals surface area contributed by atoms with Crippen LogP contribution in [0.4, 0.5) is 5.69 Å². The van der Waals surface area contributed by atoms with E-state index in [1.165, 1.54) is 5.56 Å². The number of alkyl halides is 1. The zero-order valence-corrected chi connectivity index (χ0v) is 14.4. The zero-order chi connectivity index (χ0) is 17.1. The first kappa shape index (κ1) is 15.9. The SMILES string of the molecule is CC12CC3CC(NC(=O)CCl)(CC(C1)c1cc([N+](=O)[O-])ccc13)C2. The van der Waals surface area contributed by atoms with Crippen molar-refractivity contribution in [1.29, 1.82) is 0 Å². The average Bonchev–Trinajstić information content (AvgIpc) is 2.65. The lowest BCUT2D eigenvalue weighted by Gasteiger charge is -2.54. The summed E-state index contributed by atoms with van der Waals surface area (Å²) in [6.07, 6.45) is 4.87. The van der Waals surface area contributed by atoms with E-state index in [4.69, 9.17) is 11.6 Å². The van der Waals surface area contributed by atoms with Gasteiger partial charge in [-0.2, -0.15) is 0 Å². The number of carbonyl (C=O) groups excluding carboxylic acids is 1. The molecule has 0 aromatic heterocycles. The predicted molar refractivity (Wildman–Crippen MR) is 91.4 cm³/mol. The third kappa shape index (κ3) is 2.41. The minimum Gasteiger partial charge on any atom is -0.350 e. The number of amides is 1. The lowest BCUT2D eigenvalue weighted by Crippen LogP contribution is -2.57. The van der Waals surface area contributed by atoms with Gasteiger partial charge in [0.15, 0.2) is 0 Å². The molecule has 5 nitrogen and oxygen atoms in total. The van der Waals surface area contributed by atoms with Crippen LogP contribution in [-0.2, 0) is 4.79 Å². The van der Waals surface area contributed by atoms with Crippen LogP contribution in [0.5, 0.6) is 0 Å². The topological polar surface area (TPSA) is 72.2 Å². The molecule has 1 N–H and O–H groups in total. The van der Waals surface area contributed by atoms with Crippen molar-refractivity contribution in [2.75, 3.05) is 5.88 Å². The number of carbonyl (C=O) groups is 1. The molecular weight excluding hydrogens is 328 g/mol. The fourth-order valence-corrected chi connectivity index (χ4v) is 5.93. The molecule has 0 radical (unpaired) electrons. The molecule has 5 rings (SSSR count). The molecular formula is C18H21ClN2O3. The van der Waals surface area contributed by atoms with E-state index in [1.54, 1.807) is 12.1 Å². The standard InChI is InChI=1S/C18H21ClN2O3/c1-17-5-11-7-18(10-17,20-16(22)9-19)8-12(6-17)15-4-13(21(23)24)2-3-14(11)15/h2-4,11-12H,5-10H2,1H3,(H,20,22). The number of nitro benzene ring substituents is 1. The van der Waals surface area contributed by atoms with Crippen molar-refractivity contribution in [2.45, 2.75) is 56.4 Å². The summed E-state index contributed by atoms with van der Waals surface area (Å²) in [5, 5.41) is 14.4. The van der Waals surface area contributed by atoms with E-state index in [9.17, 15) is 14.9 Å². The maximum Gasteiger partial charge on any atom is 0.269 e. The van der Waals surface area contributed by atoms with Gasteiger partial charge in [0.05, 0.1) is 4.92 Å². The van der Waals surface area contributed by atoms with Gasteiger partial charge in [-0.1, -0.05) is 13.0 Å². The fraction of sp³-hybridized carbons (Fsp3) is 0.611. The van der Waals surface area contributed by atoms with Crippen molar-refractivity contribution in [1.82, 2.24) is 5.32 Å². The Hall–Kier alpha value is -1.62. The second-order valence-corrected chi connectivity index (χ2v) is 8.50. The van der Waals surface area contributed by atoms with Gasteiger partial charge >= 0.3 is 0 Å². The maximum atomic E-state index is 12.0. The van der Waals surface area contributed by atoms with Crippen molar-refractivity contribution in [3.8, 4) is 0 Å². The summed E-state index contributed by atoms with van der Waals surface area (Å²) in [5.41, 5.74) is 2.48. The Balaban J connectivity index is 1.79. The number of benzene rings is 1. The quantitative estimate of drug-likeness (QED) is 0.512. The molecule has 128 valence electrons. The summed E-state index contributed by atoms with van der Waals surface area (Å²) in [6, 6.07) is 5.34.